The summed E-state index contributed by atoms with van der Waals surface area (Å²) in [5.74, 6) is 0.643. The quantitative estimate of drug-likeness (QED) is 0.518. The molecule has 1 aliphatic heterocycles. The van der Waals surface area contributed by atoms with Gasteiger partial charge >= 0.3 is 0 Å². The third-order valence-corrected chi connectivity index (χ3v) is 5.84. The monoisotopic (exact) mass is 395 g/mol. The van der Waals surface area contributed by atoms with E-state index < -0.39 is 0 Å². The SMILES string of the molecule is Cn1c2ccccc2c2c3c(Cl)cccc3c(OCCN3CCOCC3)nc21. The molecule has 144 valence electrons. The van der Waals surface area contributed by atoms with E-state index in [4.69, 9.17) is 26.1 Å². The Morgan fingerprint density at radius 2 is 1.82 bits per heavy atom. The number of nitrogens with zero attached hydrogens (tertiary/aromatic N) is 3. The van der Waals surface area contributed by atoms with Crippen molar-refractivity contribution in [3.63, 3.8) is 0 Å². The first-order valence-electron chi connectivity index (χ1n) is 9.62. The minimum Gasteiger partial charge on any atom is -0.476 e. The van der Waals surface area contributed by atoms with Crippen LogP contribution >= 0.6 is 11.6 Å². The number of aryl methyl sites for hydroxylation is 1. The maximum absolute atomic E-state index is 6.66. The topological polar surface area (TPSA) is 39.5 Å². The molecule has 1 saturated heterocycles. The summed E-state index contributed by atoms with van der Waals surface area (Å²) in [7, 11) is 2.04. The Kier molecular flexibility index (Phi) is 4.59. The van der Waals surface area contributed by atoms with Gasteiger partial charge in [-0.3, -0.25) is 4.90 Å². The molecule has 1 fully saturated rings. The van der Waals surface area contributed by atoms with Gasteiger partial charge in [0.2, 0.25) is 5.88 Å². The zero-order valence-electron chi connectivity index (χ0n) is 15.8. The molecule has 28 heavy (non-hydrogen) atoms. The van der Waals surface area contributed by atoms with Gasteiger partial charge < -0.3 is 14.0 Å². The number of halogens is 1. The first-order valence-corrected chi connectivity index (χ1v) is 10.00. The lowest BCUT2D eigenvalue weighted by atomic mass is 10.1. The molecule has 0 unspecified atom stereocenters. The molecule has 0 radical (unpaired) electrons. The van der Waals surface area contributed by atoms with Crippen molar-refractivity contribution in [3.8, 4) is 5.88 Å². The van der Waals surface area contributed by atoms with Crippen LogP contribution in [0.15, 0.2) is 42.5 Å². The van der Waals surface area contributed by atoms with Crippen molar-refractivity contribution in [2.45, 2.75) is 0 Å². The predicted molar refractivity (Wildman–Crippen MR) is 113 cm³/mol. The Labute approximate surface area is 168 Å². The highest BCUT2D eigenvalue weighted by Crippen LogP contribution is 2.39. The highest BCUT2D eigenvalue weighted by Gasteiger charge is 2.18. The highest BCUT2D eigenvalue weighted by atomic mass is 35.5. The van der Waals surface area contributed by atoms with Crippen molar-refractivity contribution < 1.29 is 9.47 Å². The molecular weight excluding hydrogens is 374 g/mol. The Morgan fingerprint density at radius 1 is 1.04 bits per heavy atom. The number of benzene rings is 2. The predicted octanol–water partition coefficient (Wildman–Crippen LogP) is 4.24. The molecule has 0 spiro atoms. The number of rotatable bonds is 4. The van der Waals surface area contributed by atoms with Crippen molar-refractivity contribution in [1.82, 2.24) is 14.5 Å². The van der Waals surface area contributed by atoms with Crippen LogP contribution in [0.3, 0.4) is 0 Å². The summed E-state index contributed by atoms with van der Waals surface area (Å²) in [5, 5.41) is 4.93. The molecule has 2 aromatic heterocycles. The maximum atomic E-state index is 6.66. The van der Waals surface area contributed by atoms with E-state index in [1.807, 2.05) is 31.3 Å². The summed E-state index contributed by atoms with van der Waals surface area (Å²) in [6, 6.07) is 14.3. The third-order valence-electron chi connectivity index (χ3n) is 5.53. The van der Waals surface area contributed by atoms with E-state index in [1.54, 1.807) is 0 Å². The van der Waals surface area contributed by atoms with Crippen LogP contribution in [0.4, 0.5) is 0 Å². The van der Waals surface area contributed by atoms with E-state index >= 15 is 0 Å². The first-order chi connectivity index (χ1) is 13.7. The van der Waals surface area contributed by atoms with Crippen LogP contribution in [0.1, 0.15) is 0 Å². The Bertz CT molecular complexity index is 1170. The lowest BCUT2D eigenvalue weighted by molar-refractivity contribution is 0.0321. The average molecular weight is 396 g/mol. The molecule has 0 bridgehead atoms. The second-order valence-corrected chi connectivity index (χ2v) is 7.56. The van der Waals surface area contributed by atoms with Gasteiger partial charge in [-0.1, -0.05) is 35.9 Å². The fourth-order valence-corrected chi connectivity index (χ4v) is 4.35. The number of ether oxygens (including phenoxy) is 2. The van der Waals surface area contributed by atoms with E-state index in [-0.39, 0.29) is 0 Å². The van der Waals surface area contributed by atoms with Crippen LogP contribution in [0.25, 0.3) is 32.7 Å². The molecule has 0 aliphatic carbocycles. The van der Waals surface area contributed by atoms with Gasteiger partial charge in [0.25, 0.3) is 0 Å². The Balaban J connectivity index is 1.61. The zero-order valence-corrected chi connectivity index (χ0v) is 16.6. The number of morpholine rings is 1. The summed E-state index contributed by atoms with van der Waals surface area (Å²) in [4.78, 5) is 7.26. The molecular formula is C22H22ClN3O2. The molecule has 4 aromatic rings. The fraction of sp³-hybridized carbons (Fsp3) is 0.318. The van der Waals surface area contributed by atoms with E-state index in [1.165, 1.54) is 0 Å². The van der Waals surface area contributed by atoms with Gasteiger partial charge in [0.15, 0.2) is 0 Å². The molecule has 6 heteroatoms. The Hall–Kier alpha value is -2.34. The van der Waals surface area contributed by atoms with E-state index in [2.05, 4.69) is 27.7 Å². The van der Waals surface area contributed by atoms with E-state index in [9.17, 15) is 0 Å². The standard InChI is InChI=1S/C22H22ClN3O2/c1-25-18-8-3-2-5-15(18)20-19-16(6-4-7-17(19)23)22(24-21(20)25)28-14-11-26-9-12-27-13-10-26/h2-8H,9-14H2,1H3. The molecule has 0 saturated carbocycles. The van der Waals surface area contributed by atoms with E-state index in [0.717, 1.165) is 70.6 Å². The van der Waals surface area contributed by atoms with Crippen LogP contribution in [-0.2, 0) is 11.8 Å². The summed E-state index contributed by atoms with van der Waals surface area (Å²) in [5.41, 5.74) is 2.03. The van der Waals surface area contributed by atoms with E-state index in [0.29, 0.717) is 12.5 Å². The summed E-state index contributed by atoms with van der Waals surface area (Å²) < 4.78 is 13.7. The maximum Gasteiger partial charge on any atom is 0.223 e. The smallest absolute Gasteiger partial charge is 0.223 e. The number of hydrogen-bond donors (Lipinski definition) is 0. The van der Waals surface area contributed by atoms with Gasteiger partial charge in [-0.25, -0.2) is 0 Å². The fourth-order valence-electron chi connectivity index (χ4n) is 4.08. The van der Waals surface area contributed by atoms with Crippen LogP contribution in [0, 0.1) is 0 Å². The summed E-state index contributed by atoms with van der Waals surface area (Å²) in [6.45, 7) is 4.93. The summed E-state index contributed by atoms with van der Waals surface area (Å²) >= 11 is 6.66. The lowest BCUT2D eigenvalue weighted by Crippen LogP contribution is -2.38. The molecule has 0 atom stereocenters. The average Bonchev–Trinajstić information content (AvgIpc) is 3.01. The van der Waals surface area contributed by atoms with Crippen molar-refractivity contribution in [3.05, 3.63) is 47.5 Å². The molecule has 0 amide bonds. The normalized spacial score (nSPS) is 15.6. The number of pyridine rings is 1. The first kappa shape index (κ1) is 17.7. The number of para-hydroxylation sites is 1. The number of hydrogen-bond acceptors (Lipinski definition) is 4. The second-order valence-electron chi connectivity index (χ2n) is 7.16. The van der Waals surface area contributed by atoms with Gasteiger partial charge in [0, 0.05) is 53.2 Å². The molecule has 5 nitrogen and oxygen atoms in total. The van der Waals surface area contributed by atoms with Crippen molar-refractivity contribution >= 4 is 44.3 Å². The van der Waals surface area contributed by atoms with Crippen molar-refractivity contribution in [2.75, 3.05) is 39.5 Å². The number of fused-ring (bicyclic) bond motifs is 5. The molecule has 1 aliphatic rings. The minimum atomic E-state index is 0.587. The zero-order chi connectivity index (χ0) is 19.1. The highest BCUT2D eigenvalue weighted by molar-refractivity contribution is 6.39. The molecule has 0 N–H and O–H groups in total. The van der Waals surface area contributed by atoms with Crippen LogP contribution < -0.4 is 4.74 Å². The second kappa shape index (κ2) is 7.24. The van der Waals surface area contributed by atoms with Crippen molar-refractivity contribution in [2.24, 2.45) is 7.05 Å². The molecule has 5 rings (SSSR count). The lowest BCUT2D eigenvalue weighted by Gasteiger charge is -2.26. The van der Waals surface area contributed by atoms with Gasteiger partial charge in [0.1, 0.15) is 12.3 Å². The molecule has 3 heterocycles. The molecule has 2 aromatic carbocycles. The van der Waals surface area contributed by atoms with Gasteiger partial charge in [-0.15, -0.1) is 0 Å². The third kappa shape index (κ3) is 2.91. The van der Waals surface area contributed by atoms with Crippen LogP contribution in [-0.4, -0.2) is 53.9 Å². The van der Waals surface area contributed by atoms with Gasteiger partial charge in [-0.2, -0.15) is 4.98 Å². The van der Waals surface area contributed by atoms with Gasteiger partial charge in [-0.05, 0) is 18.2 Å². The number of aromatic nitrogens is 2. The van der Waals surface area contributed by atoms with Gasteiger partial charge in [0.05, 0.1) is 18.7 Å². The Morgan fingerprint density at radius 3 is 2.68 bits per heavy atom. The summed E-state index contributed by atoms with van der Waals surface area (Å²) in [6.07, 6.45) is 0. The van der Waals surface area contributed by atoms with Crippen molar-refractivity contribution in [1.29, 1.82) is 0 Å². The minimum absolute atomic E-state index is 0.587. The largest absolute Gasteiger partial charge is 0.476 e. The van der Waals surface area contributed by atoms with Crippen LogP contribution in [0.5, 0.6) is 5.88 Å². The van der Waals surface area contributed by atoms with Crippen LogP contribution in [0.2, 0.25) is 5.02 Å².